The van der Waals surface area contributed by atoms with Crippen molar-refractivity contribution in [2.75, 3.05) is 10.6 Å². The lowest BCUT2D eigenvalue weighted by Crippen LogP contribution is -2.11. The molecule has 0 fully saturated rings. The molecule has 0 saturated heterocycles. The SMILES string of the molecule is O=C(/C=C/c1ccccc1)Nc1nnc(SCc2ccc(C(=O)Nc3ccc(Br)cc3)cc2)s1. The summed E-state index contributed by atoms with van der Waals surface area (Å²) in [5.74, 6) is 0.256. The van der Waals surface area contributed by atoms with Crippen LogP contribution < -0.4 is 10.6 Å². The molecule has 0 aliphatic heterocycles. The van der Waals surface area contributed by atoms with Crippen LogP contribution in [0.4, 0.5) is 10.8 Å². The van der Waals surface area contributed by atoms with E-state index in [0.717, 1.165) is 25.6 Å². The Labute approximate surface area is 213 Å². The van der Waals surface area contributed by atoms with E-state index in [2.05, 4.69) is 36.8 Å². The maximum atomic E-state index is 12.4. The lowest BCUT2D eigenvalue weighted by molar-refractivity contribution is -0.111. The molecule has 0 atom stereocenters. The molecule has 4 rings (SSSR count). The number of carbonyl (C=O) groups is 2. The van der Waals surface area contributed by atoms with Crippen LogP contribution in [-0.2, 0) is 10.5 Å². The zero-order valence-corrected chi connectivity index (χ0v) is 21.0. The molecule has 34 heavy (non-hydrogen) atoms. The fourth-order valence-corrected chi connectivity index (χ4v) is 4.81. The van der Waals surface area contributed by atoms with Gasteiger partial charge in [0.25, 0.3) is 5.91 Å². The van der Waals surface area contributed by atoms with E-state index in [1.165, 1.54) is 29.2 Å². The van der Waals surface area contributed by atoms with Crippen LogP contribution in [0.1, 0.15) is 21.5 Å². The predicted molar refractivity (Wildman–Crippen MR) is 142 cm³/mol. The molecule has 0 radical (unpaired) electrons. The van der Waals surface area contributed by atoms with E-state index in [-0.39, 0.29) is 11.8 Å². The third-order valence-electron chi connectivity index (χ3n) is 4.54. The van der Waals surface area contributed by atoms with Crippen molar-refractivity contribution in [3.05, 3.63) is 106 Å². The summed E-state index contributed by atoms with van der Waals surface area (Å²) in [7, 11) is 0. The topological polar surface area (TPSA) is 84.0 Å². The summed E-state index contributed by atoms with van der Waals surface area (Å²) in [5, 5.41) is 14.2. The standard InChI is InChI=1S/C25H19BrN4O2S2/c26-20-11-13-21(14-12-20)27-23(32)19-9-6-18(7-10-19)16-33-25-30-29-24(34-25)28-22(31)15-8-17-4-2-1-3-5-17/h1-15H,16H2,(H,27,32)(H,28,29,31)/b15-8+. The van der Waals surface area contributed by atoms with Gasteiger partial charge in [-0.25, -0.2) is 0 Å². The highest BCUT2D eigenvalue weighted by Crippen LogP contribution is 2.28. The first-order valence-electron chi connectivity index (χ1n) is 10.2. The minimum Gasteiger partial charge on any atom is -0.322 e. The molecule has 2 amide bonds. The number of thioether (sulfide) groups is 1. The van der Waals surface area contributed by atoms with E-state index in [1.54, 1.807) is 18.2 Å². The van der Waals surface area contributed by atoms with E-state index >= 15 is 0 Å². The van der Waals surface area contributed by atoms with Gasteiger partial charge in [0.05, 0.1) is 0 Å². The fraction of sp³-hybridized carbons (Fsp3) is 0.0400. The second-order valence-electron chi connectivity index (χ2n) is 7.05. The van der Waals surface area contributed by atoms with Crippen molar-refractivity contribution >= 4 is 67.7 Å². The Kier molecular flexibility index (Phi) is 8.24. The summed E-state index contributed by atoms with van der Waals surface area (Å²) < 4.78 is 1.71. The molecule has 0 aliphatic carbocycles. The third-order valence-corrected chi connectivity index (χ3v) is 7.12. The number of anilines is 2. The summed E-state index contributed by atoms with van der Waals surface area (Å²) >= 11 is 6.22. The van der Waals surface area contributed by atoms with E-state index in [0.29, 0.717) is 16.4 Å². The van der Waals surface area contributed by atoms with Gasteiger partial charge in [0.1, 0.15) is 0 Å². The van der Waals surface area contributed by atoms with Crippen molar-refractivity contribution in [1.82, 2.24) is 10.2 Å². The first-order chi connectivity index (χ1) is 16.5. The number of hydrogen-bond donors (Lipinski definition) is 2. The molecule has 1 heterocycles. The number of hydrogen-bond acceptors (Lipinski definition) is 6. The van der Waals surface area contributed by atoms with Crippen molar-refractivity contribution in [1.29, 1.82) is 0 Å². The lowest BCUT2D eigenvalue weighted by Gasteiger charge is -2.06. The van der Waals surface area contributed by atoms with Crippen LogP contribution in [0.5, 0.6) is 0 Å². The minimum absolute atomic E-state index is 0.160. The number of amides is 2. The molecular weight excluding hydrogens is 532 g/mol. The average molecular weight is 551 g/mol. The van der Waals surface area contributed by atoms with Crippen LogP contribution in [0.25, 0.3) is 6.08 Å². The van der Waals surface area contributed by atoms with Crippen LogP contribution >= 0.6 is 39.0 Å². The molecule has 170 valence electrons. The maximum Gasteiger partial charge on any atom is 0.255 e. The van der Waals surface area contributed by atoms with E-state index in [4.69, 9.17) is 0 Å². The number of nitrogens with zero attached hydrogens (tertiary/aromatic N) is 2. The van der Waals surface area contributed by atoms with Crippen molar-refractivity contribution in [3.63, 3.8) is 0 Å². The second kappa shape index (κ2) is 11.7. The molecule has 2 N–H and O–H groups in total. The number of benzene rings is 3. The molecule has 0 aliphatic rings. The number of halogens is 1. The Balaban J connectivity index is 1.26. The minimum atomic E-state index is -0.256. The average Bonchev–Trinajstić information content (AvgIpc) is 3.31. The van der Waals surface area contributed by atoms with Crippen molar-refractivity contribution in [2.24, 2.45) is 0 Å². The molecule has 0 unspecified atom stereocenters. The van der Waals surface area contributed by atoms with Gasteiger partial charge in [-0.05, 0) is 53.6 Å². The van der Waals surface area contributed by atoms with Gasteiger partial charge >= 0.3 is 0 Å². The molecule has 4 aromatic rings. The summed E-state index contributed by atoms with van der Waals surface area (Å²) in [6.45, 7) is 0. The van der Waals surface area contributed by atoms with Crippen molar-refractivity contribution in [2.45, 2.75) is 10.1 Å². The zero-order valence-electron chi connectivity index (χ0n) is 17.8. The van der Waals surface area contributed by atoms with Gasteiger partial charge in [0, 0.05) is 27.6 Å². The van der Waals surface area contributed by atoms with E-state index < -0.39 is 0 Å². The molecule has 9 heteroatoms. The summed E-state index contributed by atoms with van der Waals surface area (Å²) in [6, 6.07) is 24.5. The highest BCUT2D eigenvalue weighted by molar-refractivity contribution is 9.10. The van der Waals surface area contributed by atoms with Gasteiger partial charge in [-0.3, -0.25) is 14.9 Å². The molecule has 1 aromatic heterocycles. The Bertz CT molecular complexity index is 1290. The number of aromatic nitrogens is 2. The molecule has 3 aromatic carbocycles. The van der Waals surface area contributed by atoms with Crippen LogP contribution in [-0.4, -0.2) is 22.0 Å². The maximum absolute atomic E-state index is 12.4. The molecule has 6 nitrogen and oxygen atoms in total. The largest absolute Gasteiger partial charge is 0.322 e. The Morgan fingerprint density at radius 3 is 2.38 bits per heavy atom. The first kappa shape index (κ1) is 23.9. The van der Waals surface area contributed by atoms with Crippen LogP contribution in [0.2, 0.25) is 0 Å². The van der Waals surface area contributed by atoms with Gasteiger partial charge < -0.3 is 5.32 Å². The van der Waals surface area contributed by atoms with Crippen LogP contribution in [0.15, 0.2) is 93.8 Å². The second-order valence-corrected chi connectivity index (χ2v) is 10.2. The smallest absolute Gasteiger partial charge is 0.255 e. The molecule has 0 spiro atoms. The predicted octanol–water partition coefficient (Wildman–Crippen LogP) is 6.50. The number of nitrogens with one attached hydrogen (secondary N) is 2. The number of rotatable bonds is 8. The quantitative estimate of drug-likeness (QED) is 0.148. The van der Waals surface area contributed by atoms with Gasteiger partial charge in [-0.2, -0.15) is 0 Å². The summed E-state index contributed by atoms with van der Waals surface area (Å²) in [6.07, 6.45) is 3.22. The zero-order chi connectivity index (χ0) is 23.8. The van der Waals surface area contributed by atoms with E-state index in [9.17, 15) is 9.59 Å². The first-order valence-corrected chi connectivity index (χ1v) is 12.8. The van der Waals surface area contributed by atoms with Crippen molar-refractivity contribution < 1.29 is 9.59 Å². The Morgan fingerprint density at radius 1 is 0.912 bits per heavy atom. The van der Waals surface area contributed by atoms with Crippen LogP contribution in [0, 0.1) is 0 Å². The third kappa shape index (κ3) is 7.11. The van der Waals surface area contributed by atoms with Gasteiger partial charge in [0.15, 0.2) is 4.34 Å². The summed E-state index contributed by atoms with van der Waals surface area (Å²) in [4.78, 5) is 24.5. The Morgan fingerprint density at radius 2 is 1.65 bits per heavy atom. The normalized spacial score (nSPS) is 10.9. The molecular formula is C25H19BrN4O2S2. The van der Waals surface area contributed by atoms with Gasteiger partial charge in [0.2, 0.25) is 11.0 Å². The Hall–Kier alpha value is -3.27. The number of carbonyl (C=O) groups excluding carboxylic acids is 2. The van der Waals surface area contributed by atoms with Crippen LogP contribution in [0.3, 0.4) is 0 Å². The van der Waals surface area contributed by atoms with Gasteiger partial charge in [-0.1, -0.05) is 81.5 Å². The summed E-state index contributed by atoms with van der Waals surface area (Å²) in [5.41, 5.74) is 3.32. The van der Waals surface area contributed by atoms with Crippen molar-refractivity contribution in [3.8, 4) is 0 Å². The fourth-order valence-electron chi connectivity index (χ4n) is 2.84. The molecule has 0 bridgehead atoms. The van der Waals surface area contributed by atoms with E-state index in [1.807, 2.05) is 66.7 Å². The van der Waals surface area contributed by atoms with Gasteiger partial charge in [-0.15, -0.1) is 10.2 Å². The monoisotopic (exact) mass is 550 g/mol. The highest BCUT2D eigenvalue weighted by Gasteiger charge is 2.09. The highest BCUT2D eigenvalue weighted by atomic mass is 79.9. The molecule has 0 saturated carbocycles. The lowest BCUT2D eigenvalue weighted by atomic mass is 10.1.